The van der Waals surface area contributed by atoms with E-state index in [0.717, 1.165) is 39.1 Å². The number of carbonyl (C=O) groups is 4. The number of nitrogens with zero attached hydrogens (tertiary/aromatic N) is 9. The molecule has 8 N–H and O–H groups in total. The van der Waals surface area contributed by atoms with Crippen molar-refractivity contribution in [1.29, 1.82) is 0 Å². The van der Waals surface area contributed by atoms with E-state index in [1.54, 1.807) is 38.9 Å². The molecule has 21 heteroatoms. The van der Waals surface area contributed by atoms with E-state index >= 15 is 0 Å². The first kappa shape index (κ1) is 44.4. The van der Waals surface area contributed by atoms with Gasteiger partial charge in [0.2, 0.25) is 23.7 Å². The summed E-state index contributed by atoms with van der Waals surface area (Å²) in [6, 6.07) is 7.90. The van der Waals surface area contributed by atoms with Crippen LogP contribution in [0.25, 0.3) is 22.1 Å². The van der Waals surface area contributed by atoms with Gasteiger partial charge >= 0.3 is 0 Å². The Hall–Kier alpha value is -7.26. The van der Waals surface area contributed by atoms with Gasteiger partial charge in [-0.2, -0.15) is 10.2 Å². The highest BCUT2D eigenvalue weighted by atomic mass is 16.5. The minimum Gasteiger partial charge on any atom is -0.494 e. The fourth-order valence-corrected chi connectivity index (χ4v) is 8.74. The summed E-state index contributed by atoms with van der Waals surface area (Å²) >= 11 is 0. The fraction of sp³-hybridized carbons (Fsp3) is 0.409. The summed E-state index contributed by atoms with van der Waals surface area (Å²) in [5.41, 5.74) is 22.1. The maximum absolute atomic E-state index is 13.9. The van der Waals surface area contributed by atoms with Crippen LogP contribution < -0.4 is 37.3 Å². The van der Waals surface area contributed by atoms with Crippen LogP contribution in [-0.2, 0) is 30.9 Å². The number of nitrogen functional groups attached to an aromatic ring is 1. The van der Waals surface area contributed by atoms with Gasteiger partial charge < -0.3 is 40.5 Å². The second-order valence-corrected chi connectivity index (χ2v) is 16.4. The molecule has 0 atom stereocenters. The van der Waals surface area contributed by atoms with Gasteiger partial charge in [-0.3, -0.25) is 44.1 Å². The Morgan fingerprint density at radius 3 is 1.94 bits per heavy atom. The van der Waals surface area contributed by atoms with Crippen molar-refractivity contribution in [2.45, 2.75) is 66.7 Å². The van der Waals surface area contributed by atoms with Crippen molar-refractivity contribution in [2.24, 2.45) is 16.9 Å². The highest BCUT2D eigenvalue weighted by molar-refractivity contribution is 6.07. The van der Waals surface area contributed by atoms with Crippen molar-refractivity contribution in [3.8, 4) is 11.5 Å². The van der Waals surface area contributed by atoms with Crippen LogP contribution in [0, 0.1) is 19.3 Å². The summed E-state index contributed by atoms with van der Waals surface area (Å²) in [6.07, 6.45) is 5.78. The molecule has 6 aromatic rings. The second kappa shape index (κ2) is 18.1. The smallest absolute Gasteiger partial charge is 0.278 e. The van der Waals surface area contributed by atoms with Crippen LogP contribution >= 0.6 is 0 Å². The molecular formula is C44H54N14O7. The number of aryl methyl sites for hydroxylation is 4. The standard InChI is InChI=1S/C44H54N14O7/c1-6-57-31(18-25(3)52-57)40(61)50-42-49-30-20-28(39(47)60)22-33(65-17-14-54-23-44(24-54)10-15-64-16-11-44)36(30)56(42)13-9-8-12-55-35-29(19-27(38(46)59)21-32(35)63-5)48-43(55)51-41(62)37-34(45)26(4)53-58(37)7-2/h8-9,18-22H,6-7,10-17,23-24,45H2,1-5H3,(H2,46,59)(H2,47,60)(H,48,51,62)(H,49,50,61)/b9-8+. The molecule has 8 rings (SSSR count). The number of nitrogens with two attached hydrogens (primary N) is 3. The largest absolute Gasteiger partial charge is 0.494 e. The SMILES string of the molecule is CCn1nc(C)cc1C(=O)Nc1nc2cc(C(N)=O)cc(OCCN3CC4(CCOCC4)C3)c2n1C/C=C/Cn1c(NC(=O)c2c(N)c(C)nn2CC)nc2cc(C(N)=O)cc(OC)c21. The number of nitrogens with one attached hydrogen (secondary N) is 2. The van der Waals surface area contributed by atoms with Gasteiger partial charge in [-0.25, -0.2) is 9.97 Å². The Bertz CT molecular complexity index is 2850. The van der Waals surface area contributed by atoms with E-state index in [1.807, 2.05) is 32.9 Å². The van der Waals surface area contributed by atoms with Crippen LogP contribution in [0.5, 0.6) is 11.5 Å². The highest BCUT2D eigenvalue weighted by Gasteiger charge is 2.43. The van der Waals surface area contributed by atoms with E-state index in [0.29, 0.717) is 82.3 Å². The van der Waals surface area contributed by atoms with E-state index < -0.39 is 23.6 Å². The maximum atomic E-state index is 13.9. The number of hydrogen-bond donors (Lipinski definition) is 5. The normalized spacial score (nSPS) is 14.9. The van der Waals surface area contributed by atoms with Crippen molar-refractivity contribution >= 4 is 63.3 Å². The number of likely N-dealkylation sites (tertiary alicyclic amines) is 1. The van der Waals surface area contributed by atoms with E-state index in [2.05, 4.69) is 25.7 Å². The molecule has 2 fully saturated rings. The zero-order valence-corrected chi connectivity index (χ0v) is 37.1. The van der Waals surface area contributed by atoms with Gasteiger partial charge in [0.05, 0.1) is 35.2 Å². The summed E-state index contributed by atoms with van der Waals surface area (Å²) in [5, 5.41) is 14.7. The summed E-state index contributed by atoms with van der Waals surface area (Å²) in [5.74, 6) is -1.31. The number of rotatable bonds is 17. The first-order chi connectivity index (χ1) is 31.2. The van der Waals surface area contributed by atoms with Crippen LogP contribution in [0.4, 0.5) is 17.6 Å². The molecule has 21 nitrogen and oxygen atoms in total. The van der Waals surface area contributed by atoms with Crippen molar-refractivity contribution in [3.05, 3.63) is 76.4 Å². The second-order valence-electron chi connectivity index (χ2n) is 16.4. The molecule has 0 aliphatic carbocycles. The lowest BCUT2D eigenvalue weighted by molar-refractivity contribution is -0.0829. The Kier molecular flexibility index (Phi) is 12.3. The molecule has 4 amide bonds. The number of hydrogen-bond acceptors (Lipinski definition) is 13. The quantitative estimate of drug-likeness (QED) is 0.0822. The van der Waals surface area contributed by atoms with Gasteiger partial charge in [-0.05, 0) is 70.9 Å². The topological polar surface area (TPSA) is 273 Å². The van der Waals surface area contributed by atoms with Crippen LogP contribution in [0.1, 0.15) is 79.8 Å². The summed E-state index contributed by atoms with van der Waals surface area (Å²) in [7, 11) is 1.46. The van der Waals surface area contributed by atoms with Gasteiger partial charge in [0.15, 0.2) is 0 Å². The monoisotopic (exact) mass is 890 g/mol. The number of fused-ring (bicyclic) bond motifs is 2. The van der Waals surface area contributed by atoms with Gasteiger partial charge in [0, 0.05) is 75.6 Å². The molecule has 1 spiro atoms. The lowest BCUT2D eigenvalue weighted by Gasteiger charge is -2.52. The molecule has 0 bridgehead atoms. The molecule has 2 aromatic carbocycles. The zero-order valence-electron chi connectivity index (χ0n) is 37.1. The van der Waals surface area contributed by atoms with Gasteiger partial charge in [-0.15, -0.1) is 0 Å². The lowest BCUT2D eigenvalue weighted by Crippen LogP contribution is -2.59. The molecular weight excluding hydrogens is 837 g/mol. The number of anilines is 3. The Morgan fingerprint density at radius 2 is 1.37 bits per heavy atom. The third-order valence-corrected chi connectivity index (χ3v) is 12.1. The third-order valence-electron chi connectivity index (χ3n) is 12.1. The average molecular weight is 891 g/mol. The molecule has 65 heavy (non-hydrogen) atoms. The lowest BCUT2D eigenvalue weighted by atomic mass is 9.73. The molecule has 6 heterocycles. The van der Waals surface area contributed by atoms with Crippen LogP contribution in [-0.4, -0.2) is 114 Å². The van der Waals surface area contributed by atoms with Crippen LogP contribution in [0.15, 0.2) is 42.5 Å². The van der Waals surface area contributed by atoms with Crippen LogP contribution in [0.3, 0.4) is 0 Å². The number of allylic oxidation sites excluding steroid dienone is 2. The Morgan fingerprint density at radius 1 is 0.800 bits per heavy atom. The predicted octanol–water partition coefficient (Wildman–Crippen LogP) is 3.48. The van der Waals surface area contributed by atoms with Crippen molar-refractivity contribution in [2.75, 3.05) is 62.9 Å². The third kappa shape index (κ3) is 8.71. The molecule has 2 aliphatic rings. The highest BCUT2D eigenvalue weighted by Crippen LogP contribution is 2.40. The minimum absolute atomic E-state index is 0.138. The van der Waals surface area contributed by atoms with Crippen LogP contribution in [0.2, 0.25) is 0 Å². The van der Waals surface area contributed by atoms with Crippen molar-refractivity contribution in [1.82, 2.24) is 43.6 Å². The molecule has 2 saturated heterocycles. The van der Waals surface area contributed by atoms with E-state index in [4.69, 9.17) is 41.4 Å². The number of ether oxygens (including phenoxy) is 3. The van der Waals surface area contributed by atoms with Crippen molar-refractivity contribution in [3.63, 3.8) is 0 Å². The van der Waals surface area contributed by atoms with Gasteiger partial charge in [0.25, 0.3) is 11.8 Å². The Balaban J connectivity index is 1.14. The maximum Gasteiger partial charge on any atom is 0.278 e. The number of aromatic nitrogens is 8. The average Bonchev–Trinajstić information content (AvgIpc) is 4.02. The van der Waals surface area contributed by atoms with Gasteiger partial charge in [0.1, 0.15) is 40.5 Å². The molecule has 4 aromatic heterocycles. The number of benzene rings is 2. The number of imidazole rings is 2. The molecule has 342 valence electrons. The van der Waals surface area contributed by atoms with Crippen molar-refractivity contribution < 1.29 is 33.4 Å². The number of primary amides is 2. The predicted molar refractivity (Wildman–Crippen MR) is 242 cm³/mol. The minimum atomic E-state index is -0.680. The summed E-state index contributed by atoms with van der Waals surface area (Å²) < 4.78 is 24.4. The van der Waals surface area contributed by atoms with E-state index in [1.165, 1.54) is 23.9 Å². The first-order valence-corrected chi connectivity index (χ1v) is 21.5. The zero-order chi connectivity index (χ0) is 46.2. The first-order valence-electron chi connectivity index (χ1n) is 21.5. The number of methoxy groups -OCH3 is 1. The van der Waals surface area contributed by atoms with E-state index in [9.17, 15) is 19.2 Å². The summed E-state index contributed by atoms with van der Waals surface area (Å²) in [4.78, 5) is 64.5. The molecule has 2 aliphatic heterocycles. The Labute approximate surface area is 373 Å². The molecule has 0 radical (unpaired) electrons. The fourth-order valence-electron chi connectivity index (χ4n) is 8.74. The van der Waals surface area contributed by atoms with E-state index in [-0.39, 0.29) is 47.5 Å². The summed E-state index contributed by atoms with van der Waals surface area (Å²) in [6.45, 7) is 12.9. The molecule has 0 saturated carbocycles. The number of amides is 4. The van der Waals surface area contributed by atoms with Gasteiger partial charge in [-0.1, -0.05) is 12.2 Å². The number of carbonyl (C=O) groups excluding carboxylic acids is 4. The molecule has 0 unspecified atom stereocenters.